The van der Waals surface area contributed by atoms with Crippen LogP contribution in [-0.2, 0) is 0 Å². The molecule has 0 saturated carbocycles. The first-order valence-electron chi connectivity index (χ1n) is 4.14. The van der Waals surface area contributed by atoms with Crippen molar-refractivity contribution in [1.82, 2.24) is 0 Å². The van der Waals surface area contributed by atoms with Crippen LogP contribution >= 0.6 is 0 Å². The second kappa shape index (κ2) is 3.54. The van der Waals surface area contributed by atoms with E-state index >= 15 is 0 Å². The number of rotatable bonds is 1. The van der Waals surface area contributed by atoms with Crippen molar-refractivity contribution in [3.63, 3.8) is 0 Å². The summed E-state index contributed by atoms with van der Waals surface area (Å²) < 4.78 is 101. The van der Waals surface area contributed by atoms with Gasteiger partial charge in [0.1, 0.15) is 6.42 Å². The van der Waals surface area contributed by atoms with Gasteiger partial charge in [-0.1, -0.05) is 0 Å². The maximum absolute atomic E-state index is 13.2. The molecule has 18 heavy (non-hydrogen) atoms. The Morgan fingerprint density at radius 3 is 1.94 bits per heavy atom. The number of allylic oxidation sites excluding steroid dienone is 2. The second-order valence-electron chi connectivity index (χ2n) is 3.56. The first-order chi connectivity index (χ1) is 7.76. The molecule has 0 fully saturated rings. The van der Waals surface area contributed by atoms with Crippen molar-refractivity contribution in [2.75, 3.05) is 0 Å². The number of halogens is 8. The van der Waals surface area contributed by atoms with Gasteiger partial charge in [-0.3, -0.25) is 10.1 Å². The molecule has 0 spiro atoms. The van der Waals surface area contributed by atoms with Crippen molar-refractivity contribution in [1.29, 1.82) is 0 Å². The summed E-state index contributed by atoms with van der Waals surface area (Å²) in [5.41, 5.74) is -7.74. The van der Waals surface area contributed by atoms with E-state index in [1.807, 2.05) is 0 Å². The van der Waals surface area contributed by atoms with E-state index in [4.69, 9.17) is 0 Å². The monoisotopic (exact) mass is 285 g/mol. The van der Waals surface area contributed by atoms with E-state index in [0.29, 0.717) is 0 Å². The predicted octanol–water partition coefficient (Wildman–Crippen LogP) is 3.09. The molecule has 1 aliphatic rings. The van der Waals surface area contributed by atoms with Crippen molar-refractivity contribution in [3.05, 3.63) is 21.9 Å². The maximum atomic E-state index is 13.2. The smallest absolute Gasteiger partial charge is 0.259 e. The van der Waals surface area contributed by atoms with E-state index in [0.717, 1.165) is 0 Å². The number of hydrogen-bond acceptors (Lipinski definition) is 2. The van der Waals surface area contributed by atoms with Gasteiger partial charge in [-0.15, -0.1) is 0 Å². The zero-order chi connectivity index (χ0) is 14.6. The molecule has 0 saturated heterocycles. The summed E-state index contributed by atoms with van der Waals surface area (Å²) in [7, 11) is 0. The predicted molar refractivity (Wildman–Crippen MR) is 39.5 cm³/mol. The summed E-state index contributed by atoms with van der Waals surface area (Å²) in [6.07, 6.45) is -9.80. The highest BCUT2D eigenvalue weighted by molar-refractivity contribution is 5.25. The Balaban J connectivity index is 3.54. The minimum absolute atomic E-state index is 1.11. The molecule has 0 aromatic rings. The van der Waals surface area contributed by atoms with Gasteiger partial charge in [-0.25, -0.2) is 4.39 Å². The van der Waals surface area contributed by atoms with Gasteiger partial charge < -0.3 is 0 Å². The van der Waals surface area contributed by atoms with Gasteiger partial charge in [0.05, 0.1) is 4.92 Å². The SMILES string of the molecule is O=[N+]([O-])C1=CC(F)(C(F)(F)F)C(F)(F)C(F)(F)C1. The lowest BCUT2D eigenvalue weighted by Gasteiger charge is -2.39. The van der Waals surface area contributed by atoms with Crippen LogP contribution in [0.4, 0.5) is 35.1 Å². The lowest BCUT2D eigenvalue weighted by atomic mass is 9.83. The molecule has 0 aliphatic heterocycles. The maximum Gasteiger partial charge on any atom is 0.432 e. The lowest BCUT2D eigenvalue weighted by molar-refractivity contribution is -0.445. The molecule has 0 aromatic carbocycles. The molecule has 1 atom stereocenters. The van der Waals surface area contributed by atoms with Gasteiger partial charge in [-0.05, 0) is 0 Å². The van der Waals surface area contributed by atoms with E-state index in [9.17, 15) is 45.2 Å². The summed E-state index contributed by atoms with van der Waals surface area (Å²) >= 11 is 0. The van der Waals surface area contributed by atoms with Gasteiger partial charge in [0.25, 0.3) is 11.4 Å². The van der Waals surface area contributed by atoms with Gasteiger partial charge in [-0.2, -0.15) is 30.7 Å². The fourth-order valence-corrected chi connectivity index (χ4v) is 1.35. The zero-order valence-electron chi connectivity index (χ0n) is 8.07. The largest absolute Gasteiger partial charge is 0.432 e. The minimum atomic E-state index is -6.42. The van der Waals surface area contributed by atoms with Crippen LogP contribution < -0.4 is 0 Å². The standard InChI is InChI=1S/C7H3F8NO2/c8-4(7(13,14)15)1-3(16(17)18)2-5(9,10)6(4,11)12/h1H,2H2. The highest BCUT2D eigenvalue weighted by Crippen LogP contribution is 2.57. The Hall–Kier alpha value is -1.42. The normalized spacial score (nSPS) is 30.8. The van der Waals surface area contributed by atoms with Crippen molar-refractivity contribution >= 4 is 0 Å². The average Bonchev–Trinajstić information content (AvgIpc) is 2.11. The molecule has 3 nitrogen and oxygen atoms in total. The highest BCUT2D eigenvalue weighted by Gasteiger charge is 2.82. The molecular weight excluding hydrogens is 282 g/mol. The summed E-state index contributed by atoms with van der Waals surface area (Å²) in [5.74, 6) is -11.6. The molecular formula is C7H3F8NO2. The third-order valence-electron chi connectivity index (χ3n) is 2.33. The van der Waals surface area contributed by atoms with E-state index in [-0.39, 0.29) is 0 Å². The summed E-state index contributed by atoms with van der Waals surface area (Å²) in [6, 6.07) is 0. The van der Waals surface area contributed by atoms with E-state index in [1.54, 1.807) is 0 Å². The van der Waals surface area contributed by atoms with Gasteiger partial charge in [0, 0.05) is 6.08 Å². The lowest BCUT2D eigenvalue weighted by Crippen LogP contribution is -2.64. The summed E-state index contributed by atoms with van der Waals surface area (Å²) in [6.45, 7) is 0. The number of nitro groups is 1. The van der Waals surface area contributed by atoms with Crippen molar-refractivity contribution < 1.29 is 40.0 Å². The van der Waals surface area contributed by atoms with Crippen LogP contribution in [0.15, 0.2) is 11.8 Å². The molecule has 0 aromatic heterocycles. The summed E-state index contributed by atoms with van der Waals surface area (Å²) in [5, 5.41) is 10.1. The van der Waals surface area contributed by atoms with Crippen molar-refractivity contribution in [3.8, 4) is 0 Å². The Morgan fingerprint density at radius 2 is 1.61 bits per heavy atom. The average molecular weight is 285 g/mol. The van der Waals surface area contributed by atoms with Crippen LogP contribution in [0.2, 0.25) is 0 Å². The van der Waals surface area contributed by atoms with Crippen LogP contribution in [0.25, 0.3) is 0 Å². The van der Waals surface area contributed by atoms with Gasteiger partial charge in [0.2, 0.25) is 0 Å². The van der Waals surface area contributed by atoms with Crippen LogP contribution in [-0.4, -0.2) is 28.6 Å². The number of alkyl halides is 8. The third-order valence-corrected chi connectivity index (χ3v) is 2.33. The molecule has 1 rings (SSSR count). The Bertz CT molecular complexity index is 414. The second-order valence-corrected chi connectivity index (χ2v) is 3.56. The number of nitrogens with zero attached hydrogens (tertiary/aromatic N) is 1. The Kier molecular flexibility index (Phi) is 2.88. The summed E-state index contributed by atoms with van der Waals surface area (Å²) in [4.78, 5) is 8.33. The topological polar surface area (TPSA) is 43.1 Å². The molecule has 11 heteroatoms. The first kappa shape index (κ1) is 14.6. The Morgan fingerprint density at radius 1 is 1.17 bits per heavy atom. The molecule has 0 radical (unpaired) electrons. The molecule has 0 heterocycles. The molecule has 1 unspecified atom stereocenters. The molecule has 1 aliphatic carbocycles. The van der Waals surface area contributed by atoms with E-state index in [1.165, 1.54) is 0 Å². The fraction of sp³-hybridized carbons (Fsp3) is 0.714. The molecule has 0 amide bonds. The van der Waals surface area contributed by atoms with Crippen LogP contribution in [0.3, 0.4) is 0 Å². The highest BCUT2D eigenvalue weighted by atomic mass is 19.4. The van der Waals surface area contributed by atoms with Crippen LogP contribution in [0.1, 0.15) is 6.42 Å². The third kappa shape index (κ3) is 1.72. The van der Waals surface area contributed by atoms with Crippen LogP contribution in [0.5, 0.6) is 0 Å². The van der Waals surface area contributed by atoms with Crippen molar-refractivity contribution in [2.24, 2.45) is 0 Å². The first-order valence-corrected chi connectivity index (χ1v) is 4.14. The quantitative estimate of drug-likeness (QED) is 0.422. The molecule has 0 N–H and O–H groups in total. The van der Waals surface area contributed by atoms with Gasteiger partial charge >= 0.3 is 18.0 Å². The molecule has 104 valence electrons. The fourth-order valence-electron chi connectivity index (χ4n) is 1.35. The minimum Gasteiger partial charge on any atom is -0.259 e. The van der Waals surface area contributed by atoms with E-state index in [2.05, 4.69) is 0 Å². The van der Waals surface area contributed by atoms with E-state index < -0.39 is 46.8 Å². The Labute approximate surface area is 93.2 Å². The van der Waals surface area contributed by atoms with Crippen LogP contribution in [0, 0.1) is 10.1 Å². The van der Waals surface area contributed by atoms with Gasteiger partial charge in [0.15, 0.2) is 0 Å². The zero-order valence-corrected chi connectivity index (χ0v) is 8.07. The van der Waals surface area contributed by atoms with Crippen molar-refractivity contribution in [2.45, 2.75) is 30.1 Å². The molecule has 0 bridgehead atoms. The number of hydrogen-bond donors (Lipinski definition) is 0.